The summed E-state index contributed by atoms with van der Waals surface area (Å²) in [6.45, 7) is 2.06. The Morgan fingerprint density at radius 1 is 0.971 bits per heavy atom. The molecule has 3 aromatic carbocycles. The lowest BCUT2D eigenvalue weighted by Gasteiger charge is -2.22. The summed E-state index contributed by atoms with van der Waals surface area (Å²) in [5.41, 5.74) is 4.03. The molecule has 6 nitrogen and oxygen atoms in total. The van der Waals surface area contributed by atoms with Crippen LogP contribution in [0.25, 0.3) is 10.2 Å². The van der Waals surface area contributed by atoms with Crippen molar-refractivity contribution in [3.8, 4) is 6.07 Å². The Hall–Kier alpha value is -3.54. The Morgan fingerprint density at radius 3 is 2.50 bits per heavy atom. The van der Waals surface area contributed by atoms with Crippen LogP contribution in [0.15, 0.2) is 83.6 Å². The van der Waals surface area contributed by atoms with Gasteiger partial charge >= 0.3 is 0 Å². The van der Waals surface area contributed by atoms with E-state index in [9.17, 15) is 0 Å². The van der Waals surface area contributed by atoms with Crippen LogP contribution in [0.3, 0.4) is 0 Å². The molecule has 0 radical (unpaired) electrons. The molecule has 0 amide bonds. The van der Waals surface area contributed by atoms with Gasteiger partial charge in [-0.2, -0.15) is 5.26 Å². The molecule has 0 aliphatic rings. The summed E-state index contributed by atoms with van der Waals surface area (Å²) in [7, 11) is 0. The summed E-state index contributed by atoms with van der Waals surface area (Å²) in [5, 5.41) is 18.6. The second kappa shape index (κ2) is 10.2. The zero-order chi connectivity index (χ0) is 23.3. The summed E-state index contributed by atoms with van der Waals surface area (Å²) in [6, 6.07) is 26.5. The number of anilines is 1. The molecule has 0 aliphatic carbocycles. The highest BCUT2D eigenvalue weighted by molar-refractivity contribution is 9.10. The van der Waals surface area contributed by atoms with Crippen molar-refractivity contribution in [3.63, 3.8) is 0 Å². The van der Waals surface area contributed by atoms with Gasteiger partial charge in [0.2, 0.25) is 0 Å². The minimum absolute atomic E-state index is 0.604. The van der Waals surface area contributed by atoms with Crippen molar-refractivity contribution in [2.24, 2.45) is 0 Å². The number of halogens is 1. The van der Waals surface area contributed by atoms with Gasteiger partial charge in [0.1, 0.15) is 6.33 Å². The van der Waals surface area contributed by atoms with Gasteiger partial charge in [-0.1, -0.05) is 63.7 Å². The maximum absolute atomic E-state index is 9.05. The predicted octanol–water partition coefficient (Wildman–Crippen LogP) is 5.82. The maximum Gasteiger partial charge on any atom is 0.186 e. The zero-order valence-electron chi connectivity index (χ0n) is 18.3. The van der Waals surface area contributed by atoms with Gasteiger partial charge in [0, 0.05) is 11.0 Å². The van der Waals surface area contributed by atoms with Crippen LogP contribution in [0.1, 0.15) is 22.5 Å². The molecule has 0 atom stereocenters. The Labute approximate surface area is 210 Å². The van der Waals surface area contributed by atoms with Gasteiger partial charge in [-0.3, -0.25) is 0 Å². The molecular formula is C26H21BrN6S. The standard InChI is InChI=1S/C26H21BrN6S/c27-22-11-9-19(10-12-22)13-14-32(26-30-23-3-1-2-4-24(23)34-26)17-25-31-29-18-33(25)16-21-7-5-20(15-28)6-8-21/h1-12,18H,13-14,16-17H2. The average Bonchev–Trinajstić information content (AvgIpc) is 3.50. The fraction of sp³-hybridized carbons (Fsp3) is 0.154. The number of benzene rings is 3. The first-order valence-corrected chi connectivity index (χ1v) is 12.5. The quantitative estimate of drug-likeness (QED) is 0.253. The third kappa shape index (κ3) is 5.16. The highest BCUT2D eigenvalue weighted by atomic mass is 79.9. The minimum Gasteiger partial charge on any atom is -0.340 e. The molecule has 5 aromatic rings. The molecule has 168 valence electrons. The van der Waals surface area contributed by atoms with Crippen LogP contribution in [0.2, 0.25) is 0 Å². The van der Waals surface area contributed by atoms with E-state index in [1.807, 2.05) is 36.4 Å². The van der Waals surface area contributed by atoms with Crippen LogP contribution in [0.5, 0.6) is 0 Å². The molecule has 8 heteroatoms. The number of thiazole rings is 1. The normalized spacial score (nSPS) is 10.9. The maximum atomic E-state index is 9.05. The van der Waals surface area contributed by atoms with Crippen molar-refractivity contribution < 1.29 is 0 Å². The molecule has 34 heavy (non-hydrogen) atoms. The Morgan fingerprint density at radius 2 is 1.74 bits per heavy atom. The van der Waals surface area contributed by atoms with E-state index in [1.54, 1.807) is 17.7 Å². The number of nitrogens with zero attached hydrogens (tertiary/aromatic N) is 6. The lowest BCUT2D eigenvalue weighted by Crippen LogP contribution is -2.27. The number of para-hydroxylation sites is 1. The molecule has 0 unspecified atom stereocenters. The van der Waals surface area contributed by atoms with Crippen LogP contribution < -0.4 is 4.90 Å². The monoisotopic (exact) mass is 528 g/mol. The molecule has 0 aliphatic heterocycles. The molecule has 0 bridgehead atoms. The third-order valence-electron chi connectivity index (χ3n) is 5.60. The summed E-state index contributed by atoms with van der Waals surface area (Å²) >= 11 is 5.21. The minimum atomic E-state index is 0.604. The number of rotatable bonds is 8. The van der Waals surface area contributed by atoms with E-state index in [1.165, 1.54) is 10.3 Å². The number of aromatic nitrogens is 4. The van der Waals surface area contributed by atoms with E-state index >= 15 is 0 Å². The summed E-state index contributed by atoms with van der Waals surface area (Å²) < 4.78 is 4.31. The van der Waals surface area contributed by atoms with Crippen molar-refractivity contribution >= 4 is 42.6 Å². The van der Waals surface area contributed by atoms with Gasteiger partial charge in [-0.05, 0) is 53.9 Å². The lowest BCUT2D eigenvalue weighted by atomic mass is 10.1. The summed E-state index contributed by atoms with van der Waals surface area (Å²) in [4.78, 5) is 7.19. The molecular weight excluding hydrogens is 508 g/mol. The van der Waals surface area contributed by atoms with Crippen molar-refractivity contribution in [2.45, 2.75) is 19.5 Å². The average molecular weight is 529 g/mol. The van der Waals surface area contributed by atoms with Gasteiger partial charge in [0.15, 0.2) is 11.0 Å². The van der Waals surface area contributed by atoms with Crippen LogP contribution in [0, 0.1) is 11.3 Å². The van der Waals surface area contributed by atoms with Crippen molar-refractivity contribution in [1.29, 1.82) is 5.26 Å². The van der Waals surface area contributed by atoms with Crippen molar-refractivity contribution in [1.82, 2.24) is 19.7 Å². The zero-order valence-corrected chi connectivity index (χ0v) is 20.7. The second-order valence-corrected chi connectivity index (χ2v) is 9.87. The molecule has 2 aromatic heterocycles. The van der Waals surface area contributed by atoms with Crippen LogP contribution in [-0.2, 0) is 19.5 Å². The van der Waals surface area contributed by atoms with Gasteiger partial charge in [0.05, 0.1) is 34.9 Å². The van der Waals surface area contributed by atoms with Gasteiger partial charge in [-0.25, -0.2) is 4.98 Å². The number of nitriles is 1. The molecule has 0 spiro atoms. The second-order valence-electron chi connectivity index (χ2n) is 7.95. The van der Waals surface area contributed by atoms with E-state index in [0.717, 1.165) is 39.5 Å². The van der Waals surface area contributed by atoms with Crippen LogP contribution in [-0.4, -0.2) is 26.3 Å². The first kappa shape index (κ1) is 22.3. The molecule has 0 saturated heterocycles. The fourth-order valence-electron chi connectivity index (χ4n) is 3.74. The molecule has 0 fully saturated rings. The Kier molecular flexibility index (Phi) is 6.65. The molecule has 2 heterocycles. The number of fused-ring (bicyclic) bond motifs is 1. The van der Waals surface area contributed by atoms with E-state index in [2.05, 4.69) is 78.1 Å². The van der Waals surface area contributed by atoms with Crippen LogP contribution >= 0.6 is 27.3 Å². The van der Waals surface area contributed by atoms with E-state index in [0.29, 0.717) is 18.7 Å². The van der Waals surface area contributed by atoms with Crippen molar-refractivity contribution in [2.75, 3.05) is 11.4 Å². The first-order chi connectivity index (χ1) is 16.7. The highest BCUT2D eigenvalue weighted by Crippen LogP contribution is 2.29. The van der Waals surface area contributed by atoms with Gasteiger partial charge < -0.3 is 9.47 Å². The van der Waals surface area contributed by atoms with Crippen molar-refractivity contribution in [3.05, 3.63) is 106 Å². The first-order valence-electron chi connectivity index (χ1n) is 10.9. The van der Waals surface area contributed by atoms with Gasteiger partial charge in [0.25, 0.3) is 0 Å². The topological polar surface area (TPSA) is 70.6 Å². The number of hydrogen-bond acceptors (Lipinski definition) is 6. The molecule has 5 rings (SSSR count). The summed E-state index contributed by atoms with van der Waals surface area (Å²) in [5.74, 6) is 0.874. The Balaban J connectivity index is 1.39. The fourth-order valence-corrected chi connectivity index (χ4v) is 4.99. The molecule has 0 N–H and O–H groups in total. The van der Waals surface area contributed by atoms with E-state index in [4.69, 9.17) is 10.2 Å². The number of hydrogen-bond donors (Lipinski definition) is 0. The SMILES string of the molecule is N#Cc1ccc(Cn2cnnc2CN(CCc2ccc(Br)cc2)c2nc3ccccc3s2)cc1. The van der Waals surface area contributed by atoms with Gasteiger partial charge in [-0.15, -0.1) is 10.2 Å². The Bertz CT molecular complexity index is 1400. The van der Waals surface area contributed by atoms with E-state index in [-0.39, 0.29) is 0 Å². The highest BCUT2D eigenvalue weighted by Gasteiger charge is 2.16. The lowest BCUT2D eigenvalue weighted by molar-refractivity contribution is 0.677. The largest absolute Gasteiger partial charge is 0.340 e. The predicted molar refractivity (Wildman–Crippen MR) is 139 cm³/mol. The van der Waals surface area contributed by atoms with E-state index < -0.39 is 0 Å². The third-order valence-corrected chi connectivity index (χ3v) is 7.23. The molecule has 0 saturated carbocycles. The smallest absolute Gasteiger partial charge is 0.186 e. The van der Waals surface area contributed by atoms with Crippen LogP contribution in [0.4, 0.5) is 5.13 Å². The summed E-state index contributed by atoms with van der Waals surface area (Å²) in [6.07, 6.45) is 2.66.